The summed E-state index contributed by atoms with van der Waals surface area (Å²) < 4.78 is 5.15. The lowest BCUT2D eigenvalue weighted by Crippen LogP contribution is -2.04. The Balaban J connectivity index is 2.18. The molecular weight excluding hydrogens is 248 g/mol. The van der Waals surface area contributed by atoms with Crippen LogP contribution in [-0.4, -0.2) is 12.6 Å². The topological polar surface area (TPSA) is 26.3 Å². The molecule has 0 radical (unpaired) electrons. The number of carbonyl (C=O) groups is 1. The van der Waals surface area contributed by atoms with E-state index in [1.807, 2.05) is 30.4 Å². The SMILES string of the molecule is C=C(/C=C/COC(=O)c1ccccc1)CCCCCC. The van der Waals surface area contributed by atoms with Gasteiger partial charge in [-0.1, -0.05) is 62.6 Å². The number of esters is 1. The van der Waals surface area contributed by atoms with Crippen LogP contribution in [0.15, 0.2) is 54.6 Å². The second-order valence-electron chi connectivity index (χ2n) is 4.84. The fourth-order valence-corrected chi connectivity index (χ4v) is 1.86. The van der Waals surface area contributed by atoms with Gasteiger partial charge >= 0.3 is 5.97 Å². The zero-order chi connectivity index (χ0) is 14.6. The van der Waals surface area contributed by atoms with Crippen molar-refractivity contribution in [1.29, 1.82) is 0 Å². The fourth-order valence-electron chi connectivity index (χ4n) is 1.86. The van der Waals surface area contributed by atoms with Crippen molar-refractivity contribution >= 4 is 5.97 Å². The Kier molecular flexibility index (Phi) is 8.13. The van der Waals surface area contributed by atoms with E-state index in [0.717, 1.165) is 12.0 Å². The van der Waals surface area contributed by atoms with E-state index in [9.17, 15) is 4.79 Å². The van der Waals surface area contributed by atoms with Gasteiger partial charge in [-0.2, -0.15) is 0 Å². The molecule has 0 amide bonds. The van der Waals surface area contributed by atoms with E-state index in [2.05, 4.69) is 13.5 Å². The van der Waals surface area contributed by atoms with Gasteiger partial charge in [-0.15, -0.1) is 0 Å². The molecular formula is C18H24O2. The molecule has 0 unspecified atom stereocenters. The summed E-state index contributed by atoms with van der Waals surface area (Å²) in [5, 5.41) is 0. The molecule has 0 aliphatic rings. The maximum Gasteiger partial charge on any atom is 0.338 e. The molecule has 0 aliphatic heterocycles. The Morgan fingerprint density at radius 2 is 1.95 bits per heavy atom. The molecule has 1 aromatic rings. The van der Waals surface area contributed by atoms with Crippen molar-refractivity contribution < 1.29 is 9.53 Å². The molecule has 1 rings (SSSR count). The predicted molar refractivity (Wildman–Crippen MR) is 83.8 cm³/mol. The Bertz CT molecular complexity index is 432. The summed E-state index contributed by atoms with van der Waals surface area (Å²) in [5.41, 5.74) is 1.68. The molecule has 108 valence electrons. The molecule has 2 heteroatoms. The third-order valence-corrected chi connectivity index (χ3v) is 3.03. The third kappa shape index (κ3) is 6.93. The van der Waals surface area contributed by atoms with Crippen molar-refractivity contribution in [2.45, 2.75) is 39.0 Å². The lowest BCUT2D eigenvalue weighted by Gasteiger charge is -2.02. The van der Waals surface area contributed by atoms with Crippen LogP contribution in [0.1, 0.15) is 49.4 Å². The summed E-state index contributed by atoms with van der Waals surface area (Å²) in [6.07, 6.45) is 9.78. The number of hydrogen-bond donors (Lipinski definition) is 0. The van der Waals surface area contributed by atoms with Gasteiger partial charge in [0.15, 0.2) is 0 Å². The summed E-state index contributed by atoms with van der Waals surface area (Å²) in [5.74, 6) is -0.288. The van der Waals surface area contributed by atoms with E-state index in [0.29, 0.717) is 12.2 Å². The van der Waals surface area contributed by atoms with Crippen molar-refractivity contribution in [1.82, 2.24) is 0 Å². The largest absolute Gasteiger partial charge is 0.458 e. The minimum atomic E-state index is -0.288. The molecule has 0 saturated heterocycles. The van der Waals surface area contributed by atoms with Crippen LogP contribution in [0.4, 0.5) is 0 Å². The lowest BCUT2D eigenvalue weighted by molar-refractivity contribution is 0.0549. The van der Waals surface area contributed by atoms with Gasteiger partial charge in [0.1, 0.15) is 6.61 Å². The van der Waals surface area contributed by atoms with E-state index in [-0.39, 0.29) is 5.97 Å². The van der Waals surface area contributed by atoms with Gasteiger partial charge < -0.3 is 4.74 Å². The highest BCUT2D eigenvalue weighted by Gasteiger charge is 2.03. The van der Waals surface area contributed by atoms with E-state index < -0.39 is 0 Å². The highest BCUT2D eigenvalue weighted by molar-refractivity contribution is 5.89. The number of unbranched alkanes of at least 4 members (excludes halogenated alkanes) is 3. The van der Waals surface area contributed by atoms with Crippen LogP contribution in [0.2, 0.25) is 0 Å². The molecule has 2 nitrogen and oxygen atoms in total. The van der Waals surface area contributed by atoms with Crippen molar-refractivity contribution in [3.8, 4) is 0 Å². The maximum absolute atomic E-state index is 11.7. The van der Waals surface area contributed by atoms with Crippen LogP contribution in [0.25, 0.3) is 0 Å². The van der Waals surface area contributed by atoms with Crippen LogP contribution in [-0.2, 0) is 4.74 Å². The summed E-state index contributed by atoms with van der Waals surface area (Å²) in [7, 11) is 0. The minimum Gasteiger partial charge on any atom is -0.458 e. The number of hydrogen-bond acceptors (Lipinski definition) is 2. The van der Waals surface area contributed by atoms with Crippen LogP contribution in [0.3, 0.4) is 0 Å². The summed E-state index contributed by atoms with van der Waals surface area (Å²) in [4.78, 5) is 11.7. The van der Waals surface area contributed by atoms with Gasteiger partial charge in [-0.25, -0.2) is 4.79 Å². The third-order valence-electron chi connectivity index (χ3n) is 3.03. The molecule has 0 aromatic heterocycles. The highest BCUT2D eigenvalue weighted by Crippen LogP contribution is 2.09. The molecule has 20 heavy (non-hydrogen) atoms. The Morgan fingerprint density at radius 1 is 1.20 bits per heavy atom. The number of allylic oxidation sites excluding steroid dienone is 2. The van der Waals surface area contributed by atoms with Gasteiger partial charge in [0.25, 0.3) is 0 Å². The minimum absolute atomic E-state index is 0.288. The van der Waals surface area contributed by atoms with Crippen molar-refractivity contribution in [3.63, 3.8) is 0 Å². The monoisotopic (exact) mass is 272 g/mol. The molecule has 0 heterocycles. The van der Waals surface area contributed by atoms with E-state index in [1.165, 1.54) is 25.7 Å². The van der Waals surface area contributed by atoms with Crippen molar-refractivity contribution in [2.75, 3.05) is 6.61 Å². The molecule has 0 fully saturated rings. The zero-order valence-corrected chi connectivity index (χ0v) is 12.3. The second kappa shape index (κ2) is 10.0. The van der Waals surface area contributed by atoms with E-state index >= 15 is 0 Å². The smallest absolute Gasteiger partial charge is 0.338 e. The second-order valence-corrected chi connectivity index (χ2v) is 4.84. The van der Waals surface area contributed by atoms with Crippen LogP contribution in [0, 0.1) is 0 Å². The van der Waals surface area contributed by atoms with Crippen LogP contribution in [0.5, 0.6) is 0 Å². The number of ether oxygens (including phenoxy) is 1. The number of carbonyl (C=O) groups excluding carboxylic acids is 1. The normalized spacial score (nSPS) is 10.7. The van der Waals surface area contributed by atoms with Gasteiger partial charge in [0.2, 0.25) is 0 Å². The molecule has 0 saturated carbocycles. The fraction of sp³-hybridized carbons (Fsp3) is 0.389. The Hall–Kier alpha value is -1.83. The maximum atomic E-state index is 11.7. The molecule has 0 aliphatic carbocycles. The quantitative estimate of drug-likeness (QED) is 0.362. The molecule has 0 spiro atoms. The number of benzene rings is 1. The average molecular weight is 272 g/mol. The summed E-state index contributed by atoms with van der Waals surface area (Å²) in [6, 6.07) is 9.02. The molecule has 0 N–H and O–H groups in total. The summed E-state index contributed by atoms with van der Waals surface area (Å²) in [6.45, 7) is 6.50. The van der Waals surface area contributed by atoms with Gasteiger partial charge in [-0.05, 0) is 31.1 Å². The van der Waals surface area contributed by atoms with Crippen LogP contribution >= 0.6 is 0 Å². The van der Waals surface area contributed by atoms with E-state index in [4.69, 9.17) is 4.74 Å². The summed E-state index contributed by atoms with van der Waals surface area (Å²) >= 11 is 0. The first-order valence-electron chi connectivity index (χ1n) is 7.30. The first-order chi connectivity index (χ1) is 9.74. The average Bonchev–Trinajstić information content (AvgIpc) is 2.49. The first kappa shape index (κ1) is 16.2. The standard InChI is InChI=1S/C18H24O2/c1-3-4-5-7-11-16(2)12-10-15-20-18(19)17-13-8-6-9-14-17/h6,8-10,12-14H,2-5,7,11,15H2,1H3/b12-10+. The zero-order valence-electron chi connectivity index (χ0n) is 12.3. The highest BCUT2D eigenvalue weighted by atomic mass is 16.5. The molecule has 1 aromatic carbocycles. The molecule has 0 bridgehead atoms. The van der Waals surface area contributed by atoms with E-state index in [1.54, 1.807) is 12.1 Å². The predicted octanol–water partition coefficient (Wildman–Crippen LogP) is 4.93. The Morgan fingerprint density at radius 3 is 2.65 bits per heavy atom. The first-order valence-corrected chi connectivity index (χ1v) is 7.30. The Labute approximate surface area is 122 Å². The molecule has 0 atom stereocenters. The van der Waals surface area contributed by atoms with Crippen molar-refractivity contribution in [3.05, 3.63) is 60.2 Å². The van der Waals surface area contributed by atoms with Crippen molar-refractivity contribution in [2.24, 2.45) is 0 Å². The van der Waals surface area contributed by atoms with Gasteiger partial charge in [-0.3, -0.25) is 0 Å². The van der Waals surface area contributed by atoms with Gasteiger partial charge in [0, 0.05) is 0 Å². The lowest BCUT2D eigenvalue weighted by atomic mass is 10.1. The van der Waals surface area contributed by atoms with Crippen LogP contribution < -0.4 is 0 Å². The number of rotatable bonds is 9. The van der Waals surface area contributed by atoms with Gasteiger partial charge in [0.05, 0.1) is 5.56 Å².